The summed E-state index contributed by atoms with van der Waals surface area (Å²) in [6.45, 7) is 3.31. The number of carboxylic acid groups (broad SMARTS) is 1. The third-order valence-electron chi connectivity index (χ3n) is 7.92. The number of pyridine rings is 1. The topological polar surface area (TPSA) is 82.5 Å². The van der Waals surface area contributed by atoms with Gasteiger partial charge in [-0.25, -0.2) is 4.98 Å². The second kappa shape index (κ2) is 8.64. The van der Waals surface area contributed by atoms with Gasteiger partial charge < -0.3 is 15.3 Å². The molecule has 1 saturated heterocycles. The van der Waals surface area contributed by atoms with Gasteiger partial charge in [-0.1, -0.05) is 6.92 Å². The van der Waals surface area contributed by atoms with Gasteiger partial charge >= 0.3 is 5.97 Å². The van der Waals surface area contributed by atoms with Crippen LogP contribution in [0.15, 0.2) is 17.2 Å². The molecule has 0 aromatic carbocycles. The maximum absolute atomic E-state index is 13.3. The number of nitrogens with zero attached hydrogens (tertiary/aromatic N) is 2. The van der Waals surface area contributed by atoms with Crippen molar-refractivity contribution in [1.82, 2.24) is 10.3 Å². The van der Waals surface area contributed by atoms with Gasteiger partial charge in [0.05, 0.1) is 11.5 Å². The normalized spacial score (nSPS) is 33.6. The van der Waals surface area contributed by atoms with E-state index in [0.29, 0.717) is 43.0 Å². The zero-order valence-electron chi connectivity index (χ0n) is 18.3. The number of thioether (sulfide) groups is 1. The molecule has 1 atom stereocenters. The van der Waals surface area contributed by atoms with Crippen LogP contribution in [0, 0.1) is 29.6 Å². The van der Waals surface area contributed by atoms with Crippen molar-refractivity contribution in [1.29, 1.82) is 0 Å². The zero-order valence-corrected chi connectivity index (χ0v) is 19.1. The second-order valence-corrected chi connectivity index (χ2v) is 11.2. The Kier molecular flexibility index (Phi) is 5.88. The molecule has 0 spiro atoms. The van der Waals surface area contributed by atoms with Gasteiger partial charge in [0, 0.05) is 19.1 Å². The van der Waals surface area contributed by atoms with Crippen LogP contribution in [0.25, 0.3) is 0 Å². The van der Waals surface area contributed by atoms with E-state index in [-0.39, 0.29) is 11.8 Å². The predicted octanol–water partition coefficient (Wildman–Crippen LogP) is 4.05. The van der Waals surface area contributed by atoms with E-state index < -0.39 is 5.97 Å². The lowest BCUT2D eigenvalue weighted by Gasteiger charge is -2.54. The molecule has 4 aliphatic carbocycles. The van der Waals surface area contributed by atoms with E-state index in [0.717, 1.165) is 34.9 Å². The minimum atomic E-state index is -0.741. The average Bonchev–Trinajstić information content (AvgIpc) is 3.25. The molecule has 1 aromatic rings. The summed E-state index contributed by atoms with van der Waals surface area (Å²) in [6.07, 6.45) is 8.20. The van der Waals surface area contributed by atoms with Crippen molar-refractivity contribution in [3.05, 3.63) is 17.7 Å². The molecule has 31 heavy (non-hydrogen) atoms. The highest BCUT2D eigenvalue weighted by atomic mass is 32.2. The Balaban J connectivity index is 1.33. The van der Waals surface area contributed by atoms with E-state index in [2.05, 4.69) is 12.2 Å². The maximum atomic E-state index is 13.3. The van der Waals surface area contributed by atoms with Crippen molar-refractivity contribution in [2.75, 3.05) is 23.7 Å². The number of nitrogens with one attached hydrogen (secondary N) is 1. The van der Waals surface area contributed by atoms with Crippen LogP contribution in [0.5, 0.6) is 0 Å². The van der Waals surface area contributed by atoms with Crippen molar-refractivity contribution in [2.45, 2.75) is 62.9 Å². The number of carbonyl (C=O) groups excluding carboxylic acids is 1. The number of rotatable bonds is 7. The summed E-state index contributed by atoms with van der Waals surface area (Å²) < 4.78 is 0. The molecule has 7 heteroatoms. The van der Waals surface area contributed by atoms with Crippen LogP contribution < -0.4 is 10.2 Å². The van der Waals surface area contributed by atoms with Crippen LogP contribution in [-0.2, 0) is 4.79 Å². The fourth-order valence-corrected chi connectivity index (χ4v) is 7.52. The predicted molar refractivity (Wildman–Crippen MR) is 122 cm³/mol. The minimum absolute atomic E-state index is 0.0139. The summed E-state index contributed by atoms with van der Waals surface area (Å²) in [5.74, 6) is 3.71. The third-order valence-corrected chi connectivity index (χ3v) is 9.12. The van der Waals surface area contributed by atoms with Gasteiger partial charge in [-0.2, -0.15) is 0 Å². The highest BCUT2D eigenvalue weighted by Gasteiger charge is 2.48. The summed E-state index contributed by atoms with van der Waals surface area (Å²) in [5, 5.41) is 13.5. The van der Waals surface area contributed by atoms with E-state index >= 15 is 0 Å². The number of carboxylic acids is 1. The highest BCUT2D eigenvalue weighted by molar-refractivity contribution is 7.99. The lowest BCUT2D eigenvalue weighted by Crippen LogP contribution is -2.55. The molecule has 2 heterocycles. The first-order chi connectivity index (χ1) is 15.0. The smallest absolute Gasteiger partial charge is 0.308 e. The van der Waals surface area contributed by atoms with E-state index in [1.807, 2.05) is 17.0 Å². The Labute approximate surface area is 188 Å². The van der Waals surface area contributed by atoms with Gasteiger partial charge in [0.25, 0.3) is 5.91 Å². The number of hydrogen-bond donors (Lipinski definition) is 2. The van der Waals surface area contributed by atoms with Crippen LogP contribution in [0.2, 0.25) is 0 Å². The van der Waals surface area contributed by atoms with E-state index in [4.69, 9.17) is 4.98 Å². The monoisotopic (exact) mass is 443 g/mol. The second-order valence-electron chi connectivity index (χ2n) is 10.1. The summed E-state index contributed by atoms with van der Waals surface area (Å²) in [7, 11) is 0. The van der Waals surface area contributed by atoms with Gasteiger partial charge in [0.2, 0.25) is 0 Å². The Hall–Kier alpha value is -1.76. The number of aliphatic carboxylic acids is 1. The molecule has 4 bridgehead atoms. The number of aromatic nitrogens is 1. The first kappa shape index (κ1) is 21.1. The van der Waals surface area contributed by atoms with Gasteiger partial charge in [0.15, 0.2) is 0 Å². The molecular formula is C24H33N3O3S. The summed E-state index contributed by atoms with van der Waals surface area (Å²) >= 11 is 1.63. The van der Waals surface area contributed by atoms with E-state index in [9.17, 15) is 14.7 Å². The van der Waals surface area contributed by atoms with Crippen LogP contribution >= 0.6 is 11.8 Å². The summed E-state index contributed by atoms with van der Waals surface area (Å²) in [4.78, 5) is 31.5. The first-order valence-corrected chi connectivity index (χ1v) is 12.9. The molecule has 2 N–H and O–H groups in total. The summed E-state index contributed by atoms with van der Waals surface area (Å²) in [6, 6.07) is 4.12. The number of hydrogen-bond acceptors (Lipinski definition) is 5. The van der Waals surface area contributed by atoms with Crippen LogP contribution in [0.3, 0.4) is 0 Å². The fraction of sp³-hybridized carbons (Fsp3) is 0.708. The molecular weight excluding hydrogens is 410 g/mol. The van der Waals surface area contributed by atoms with Gasteiger partial charge in [-0.3, -0.25) is 9.59 Å². The Bertz CT molecular complexity index is 832. The third kappa shape index (κ3) is 4.18. The standard InChI is InChI=1S/C24H33N3O3S/c1-2-7-31-23-19(3-4-20(25-23)27-6-5-16(13-27)24(29)30)22(28)26-21-17-9-14-8-15(11-17)12-18(21)10-14/h3-4,14-18,21H,2,5-13H2,1H3,(H,26,28)(H,29,30). The SMILES string of the molecule is CCCSc1nc(N2CCC(C(=O)O)C2)ccc1C(=O)NC1C2CC3CC(C2)CC1C3. The molecule has 6 nitrogen and oxygen atoms in total. The largest absolute Gasteiger partial charge is 0.481 e. The number of anilines is 1. The lowest BCUT2D eigenvalue weighted by molar-refractivity contribution is -0.140. The molecule has 5 fully saturated rings. The maximum Gasteiger partial charge on any atom is 0.308 e. The molecule has 4 saturated carbocycles. The molecule has 5 aliphatic rings. The molecule has 6 rings (SSSR count). The fourth-order valence-electron chi connectivity index (χ4n) is 6.65. The van der Waals surface area contributed by atoms with Crippen LogP contribution in [-0.4, -0.2) is 46.9 Å². The first-order valence-electron chi connectivity index (χ1n) is 11.9. The quantitative estimate of drug-likeness (QED) is 0.619. The number of amides is 1. The highest BCUT2D eigenvalue weighted by Crippen LogP contribution is 2.53. The van der Waals surface area contributed by atoms with Crippen molar-refractivity contribution in [3.8, 4) is 0 Å². The Morgan fingerprint density at radius 2 is 1.87 bits per heavy atom. The van der Waals surface area contributed by atoms with Crippen molar-refractivity contribution in [3.63, 3.8) is 0 Å². The molecule has 1 aromatic heterocycles. The molecule has 1 aliphatic heterocycles. The van der Waals surface area contributed by atoms with Gasteiger partial charge in [0.1, 0.15) is 10.8 Å². The van der Waals surface area contributed by atoms with Gasteiger partial charge in [-0.05, 0) is 86.5 Å². The zero-order chi connectivity index (χ0) is 21.5. The molecule has 1 unspecified atom stereocenters. The Morgan fingerprint density at radius 1 is 1.16 bits per heavy atom. The minimum Gasteiger partial charge on any atom is -0.481 e. The van der Waals surface area contributed by atoms with Gasteiger partial charge in [-0.15, -0.1) is 11.8 Å². The van der Waals surface area contributed by atoms with Crippen molar-refractivity contribution >= 4 is 29.5 Å². The van der Waals surface area contributed by atoms with Crippen LogP contribution in [0.1, 0.15) is 62.2 Å². The summed E-state index contributed by atoms with van der Waals surface area (Å²) in [5.41, 5.74) is 0.671. The number of carbonyl (C=O) groups is 2. The molecule has 168 valence electrons. The van der Waals surface area contributed by atoms with Crippen LogP contribution in [0.4, 0.5) is 5.82 Å². The van der Waals surface area contributed by atoms with E-state index in [1.54, 1.807) is 11.8 Å². The molecule has 1 amide bonds. The van der Waals surface area contributed by atoms with E-state index in [1.165, 1.54) is 32.1 Å². The lowest BCUT2D eigenvalue weighted by atomic mass is 9.54. The van der Waals surface area contributed by atoms with Crippen molar-refractivity contribution in [2.24, 2.45) is 29.6 Å². The Morgan fingerprint density at radius 3 is 2.48 bits per heavy atom. The van der Waals surface area contributed by atoms with Crippen molar-refractivity contribution < 1.29 is 14.7 Å². The molecule has 0 radical (unpaired) electrons. The average molecular weight is 444 g/mol.